The summed E-state index contributed by atoms with van der Waals surface area (Å²) in [4.78, 5) is 0. The van der Waals surface area contributed by atoms with Crippen LogP contribution in [-0.2, 0) is 15.4 Å². The third kappa shape index (κ3) is 7.46. The minimum absolute atomic E-state index is 0.279. The molecule has 0 radical (unpaired) electrons. The molecular formula is C15H31NO2SSi. The predicted molar refractivity (Wildman–Crippen MR) is 91.1 cm³/mol. The summed E-state index contributed by atoms with van der Waals surface area (Å²) < 4.78 is 20.8. The van der Waals surface area contributed by atoms with Gasteiger partial charge in [-0.15, -0.1) is 0 Å². The Hall–Kier alpha value is -0.313. The largest absolute Gasteiger partial charge is 0.501 e. The average molecular weight is 318 g/mol. The van der Waals surface area contributed by atoms with Gasteiger partial charge in [-0.3, -0.25) is 0 Å². The maximum absolute atomic E-state index is 12.3. The Bertz CT molecular complexity index is 399. The Balaban J connectivity index is 4.83. The van der Waals surface area contributed by atoms with Gasteiger partial charge in [0.15, 0.2) is 0 Å². The van der Waals surface area contributed by atoms with Crippen LogP contribution in [0.1, 0.15) is 48.0 Å². The molecule has 1 N–H and O–H groups in total. The fraction of sp³-hybridized carbons (Fsp3) is 0.867. The normalized spacial score (nSPS) is 17.1. The summed E-state index contributed by atoms with van der Waals surface area (Å²) in [6.07, 6.45) is 3.44. The summed E-state index contributed by atoms with van der Waals surface area (Å²) in [5, 5.41) is 0. The number of hydrogen-bond donors (Lipinski definition) is 1. The molecule has 0 amide bonds. The zero-order chi connectivity index (χ0) is 16.2. The molecule has 118 valence electrons. The van der Waals surface area contributed by atoms with Crippen LogP contribution in [0.2, 0.25) is 19.6 Å². The van der Waals surface area contributed by atoms with E-state index in [1.54, 1.807) is 0 Å². The summed E-state index contributed by atoms with van der Waals surface area (Å²) in [7, 11) is -2.70. The van der Waals surface area contributed by atoms with Crippen LogP contribution in [0, 0.1) is 17.9 Å². The van der Waals surface area contributed by atoms with Crippen LogP contribution >= 0.6 is 0 Å². The smallest absolute Gasteiger partial charge is 0.255 e. The van der Waals surface area contributed by atoms with E-state index in [0.29, 0.717) is 12.3 Å². The fourth-order valence-corrected chi connectivity index (χ4v) is 2.55. The van der Waals surface area contributed by atoms with Crippen LogP contribution in [0.3, 0.4) is 0 Å². The fourth-order valence-electron chi connectivity index (χ4n) is 1.13. The minimum Gasteiger partial charge on any atom is -0.501 e. The molecule has 20 heavy (non-hydrogen) atoms. The Morgan fingerprint density at radius 3 is 2.05 bits per heavy atom. The molecule has 0 aromatic rings. The highest BCUT2D eigenvalue weighted by Crippen LogP contribution is 2.23. The Labute approximate surface area is 129 Å². The van der Waals surface area contributed by atoms with Crippen molar-refractivity contribution in [3.63, 3.8) is 0 Å². The van der Waals surface area contributed by atoms with Gasteiger partial charge in [-0.25, -0.2) is 8.93 Å². The second kappa shape index (κ2) is 7.10. The molecule has 0 aliphatic heterocycles. The van der Waals surface area contributed by atoms with Gasteiger partial charge in [0.2, 0.25) is 0 Å². The number of rotatable bonds is 5. The third-order valence-electron chi connectivity index (χ3n) is 3.04. The Morgan fingerprint density at radius 1 is 1.20 bits per heavy atom. The first-order valence-corrected chi connectivity index (χ1v) is 11.7. The standard InChI is InChI=1S/C15H31NO2SSi/c1-13(2)15(6,16-19(17)14(3,4)5)11-10-12-18-20(7,8)9/h13,16H,11H2,1-9H3. The molecule has 0 spiro atoms. The third-order valence-corrected chi connectivity index (χ3v) is 5.52. The van der Waals surface area contributed by atoms with Crippen molar-refractivity contribution in [2.75, 3.05) is 0 Å². The Morgan fingerprint density at radius 2 is 1.70 bits per heavy atom. The molecule has 2 atom stereocenters. The van der Waals surface area contributed by atoms with Crippen molar-refractivity contribution in [3.05, 3.63) is 0 Å². The Kier molecular flexibility index (Phi) is 6.99. The number of hydrogen-bond acceptors (Lipinski definition) is 2. The molecule has 3 nitrogen and oxygen atoms in total. The molecule has 0 fully saturated rings. The van der Waals surface area contributed by atoms with Crippen LogP contribution in [0.5, 0.6) is 0 Å². The number of nitrogens with one attached hydrogen (secondary N) is 1. The van der Waals surface area contributed by atoms with Gasteiger partial charge >= 0.3 is 0 Å². The lowest BCUT2D eigenvalue weighted by Gasteiger charge is -2.35. The van der Waals surface area contributed by atoms with Crippen LogP contribution in [0.4, 0.5) is 0 Å². The van der Waals surface area contributed by atoms with Gasteiger partial charge in [0.1, 0.15) is 0 Å². The first-order chi connectivity index (χ1) is 8.78. The highest BCUT2D eigenvalue weighted by atomic mass is 32.2. The van der Waals surface area contributed by atoms with Gasteiger partial charge in [-0.1, -0.05) is 19.8 Å². The van der Waals surface area contributed by atoms with Gasteiger partial charge in [0.25, 0.3) is 8.32 Å². The minimum atomic E-state index is -1.60. The molecule has 0 aliphatic carbocycles. The molecule has 0 bridgehead atoms. The quantitative estimate of drug-likeness (QED) is 0.621. The van der Waals surface area contributed by atoms with Crippen molar-refractivity contribution in [3.8, 4) is 12.0 Å². The van der Waals surface area contributed by atoms with E-state index in [1.807, 2.05) is 20.8 Å². The van der Waals surface area contributed by atoms with Crippen LogP contribution in [0.15, 0.2) is 0 Å². The molecule has 2 unspecified atom stereocenters. The highest BCUT2D eigenvalue weighted by molar-refractivity contribution is 7.84. The van der Waals surface area contributed by atoms with Gasteiger partial charge < -0.3 is 4.43 Å². The van der Waals surface area contributed by atoms with E-state index in [-0.39, 0.29) is 10.3 Å². The van der Waals surface area contributed by atoms with E-state index >= 15 is 0 Å². The van der Waals surface area contributed by atoms with E-state index < -0.39 is 19.3 Å². The topological polar surface area (TPSA) is 38.3 Å². The van der Waals surface area contributed by atoms with Gasteiger partial charge in [-0.05, 0) is 53.3 Å². The molecule has 0 aromatic heterocycles. The van der Waals surface area contributed by atoms with Gasteiger partial charge in [-0.2, -0.15) is 0 Å². The van der Waals surface area contributed by atoms with Crippen LogP contribution in [-0.4, -0.2) is 22.8 Å². The van der Waals surface area contributed by atoms with Crippen LogP contribution in [0.25, 0.3) is 0 Å². The molecule has 0 aromatic carbocycles. The second-order valence-electron chi connectivity index (χ2n) is 7.73. The monoisotopic (exact) mass is 317 g/mol. The zero-order valence-electron chi connectivity index (χ0n) is 14.5. The summed E-state index contributed by atoms with van der Waals surface area (Å²) >= 11 is 0. The van der Waals surface area contributed by atoms with Crippen molar-refractivity contribution in [1.82, 2.24) is 4.72 Å². The van der Waals surface area contributed by atoms with E-state index in [0.717, 1.165) is 0 Å². The molecule has 0 saturated carbocycles. The maximum Gasteiger partial charge on any atom is 0.255 e. The van der Waals surface area contributed by atoms with E-state index in [2.05, 4.69) is 57.2 Å². The summed E-state index contributed by atoms with van der Waals surface area (Å²) in [6, 6.07) is 0. The SMILES string of the molecule is CC(C)C(C)(CC#CO[Si](C)(C)C)NS(=O)C(C)(C)C. The summed E-state index contributed by atoms with van der Waals surface area (Å²) in [5.74, 6) is 3.41. The predicted octanol–water partition coefficient (Wildman–Crippen LogP) is 3.66. The lowest BCUT2D eigenvalue weighted by Crippen LogP contribution is -2.51. The van der Waals surface area contributed by atoms with Crippen LogP contribution < -0.4 is 4.72 Å². The van der Waals surface area contributed by atoms with Crippen molar-refractivity contribution in [1.29, 1.82) is 0 Å². The first-order valence-electron chi connectivity index (χ1n) is 7.13. The molecule has 5 heteroatoms. The summed E-state index contributed by atoms with van der Waals surface area (Å²) in [6.45, 7) is 18.5. The van der Waals surface area contributed by atoms with Gasteiger partial charge in [0, 0.05) is 12.0 Å². The lowest BCUT2D eigenvalue weighted by atomic mass is 9.87. The van der Waals surface area contributed by atoms with Crippen molar-refractivity contribution < 1.29 is 8.63 Å². The zero-order valence-corrected chi connectivity index (χ0v) is 16.3. The summed E-state index contributed by atoms with van der Waals surface area (Å²) in [5.41, 5.74) is -0.284. The molecule has 0 aliphatic rings. The molecule has 0 rings (SSSR count). The molecular weight excluding hydrogens is 286 g/mol. The molecule has 0 saturated heterocycles. The van der Waals surface area contributed by atoms with Crippen molar-refractivity contribution >= 4 is 19.3 Å². The second-order valence-corrected chi connectivity index (χ2v) is 14.1. The lowest BCUT2D eigenvalue weighted by molar-refractivity contribution is 0.315. The first kappa shape index (κ1) is 19.7. The van der Waals surface area contributed by atoms with Crippen molar-refractivity contribution in [2.24, 2.45) is 5.92 Å². The van der Waals surface area contributed by atoms with Gasteiger partial charge in [0.05, 0.1) is 21.8 Å². The maximum atomic E-state index is 12.3. The van der Waals surface area contributed by atoms with E-state index in [4.69, 9.17) is 4.43 Å². The van der Waals surface area contributed by atoms with Crippen molar-refractivity contribution in [2.45, 2.75) is 77.9 Å². The van der Waals surface area contributed by atoms with E-state index in [9.17, 15) is 4.21 Å². The highest BCUT2D eigenvalue weighted by Gasteiger charge is 2.33. The molecule has 0 heterocycles. The average Bonchev–Trinajstić information content (AvgIpc) is 2.21. The van der Waals surface area contributed by atoms with E-state index in [1.165, 1.54) is 0 Å².